The van der Waals surface area contributed by atoms with Crippen LogP contribution in [0.4, 0.5) is 0 Å². The molecule has 4 atom stereocenters. The lowest BCUT2D eigenvalue weighted by Gasteiger charge is -2.42. The molecule has 1 heterocycles. The van der Waals surface area contributed by atoms with E-state index in [1.165, 1.54) is 30.1 Å². The Morgan fingerprint density at radius 1 is 1.21 bits per heavy atom. The van der Waals surface area contributed by atoms with Crippen LogP contribution in [0.2, 0.25) is 0 Å². The van der Waals surface area contributed by atoms with Crippen molar-refractivity contribution < 1.29 is 34.7 Å². The molecule has 2 rings (SSSR count). The van der Waals surface area contributed by atoms with Gasteiger partial charge < -0.3 is 29.9 Å². The SMILES string of the molecule is CC1=C(/C=C/C(C)=C/C=C/C(C)=C/C(=O)OC2C(O)C(O)COC2(O)CO)C(C)(C)CCC1. The van der Waals surface area contributed by atoms with E-state index in [4.69, 9.17) is 9.47 Å². The highest BCUT2D eigenvalue weighted by molar-refractivity contribution is 5.83. The van der Waals surface area contributed by atoms with Crippen LogP contribution in [-0.2, 0) is 14.3 Å². The van der Waals surface area contributed by atoms with Gasteiger partial charge in [0.05, 0.1) is 6.61 Å². The van der Waals surface area contributed by atoms with Crippen molar-refractivity contribution in [3.05, 3.63) is 58.7 Å². The molecule has 0 saturated carbocycles. The molecule has 33 heavy (non-hydrogen) atoms. The van der Waals surface area contributed by atoms with Crippen LogP contribution in [0.15, 0.2) is 58.7 Å². The number of aliphatic hydroxyl groups is 4. The molecule has 0 aromatic heterocycles. The van der Waals surface area contributed by atoms with E-state index in [1.54, 1.807) is 13.0 Å². The van der Waals surface area contributed by atoms with Crippen LogP contribution >= 0.6 is 0 Å². The standard InChI is InChI=1S/C26H38O7/c1-17(11-12-20-19(3)10-7-13-25(20,4)5)8-6-9-18(2)14-22(29)33-24-23(30)21(28)15-32-26(24,31)16-27/h6,8-9,11-12,14,21,23-24,27-28,30-31H,7,10,13,15-16H2,1-5H3/b9-6+,12-11+,17-8+,18-14+. The summed E-state index contributed by atoms with van der Waals surface area (Å²) in [5, 5.41) is 39.4. The average molecular weight is 463 g/mol. The summed E-state index contributed by atoms with van der Waals surface area (Å²) in [7, 11) is 0. The summed E-state index contributed by atoms with van der Waals surface area (Å²) < 4.78 is 10.0. The number of hydrogen-bond donors (Lipinski definition) is 4. The Balaban J connectivity index is 2.01. The van der Waals surface area contributed by atoms with Gasteiger partial charge in [-0.25, -0.2) is 4.79 Å². The van der Waals surface area contributed by atoms with Crippen molar-refractivity contribution in [3.8, 4) is 0 Å². The smallest absolute Gasteiger partial charge is 0.331 e. The minimum Gasteiger partial charge on any atom is -0.450 e. The molecule has 2 aliphatic rings. The normalized spacial score (nSPS) is 31.5. The highest BCUT2D eigenvalue weighted by atomic mass is 16.7. The molecule has 1 fully saturated rings. The van der Waals surface area contributed by atoms with Crippen LogP contribution in [0.1, 0.15) is 53.9 Å². The lowest BCUT2D eigenvalue weighted by atomic mass is 9.72. The third kappa shape index (κ3) is 7.22. The first-order valence-corrected chi connectivity index (χ1v) is 11.3. The van der Waals surface area contributed by atoms with Crippen molar-refractivity contribution in [1.29, 1.82) is 0 Å². The molecule has 1 aliphatic carbocycles. The number of allylic oxidation sites excluding steroid dienone is 9. The van der Waals surface area contributed by atoms with Crippen molar-refractivity contribution in [1.82, 2.24) is 0 Å². The number of rotatable bonds is 7. The van der Waals surface area contributed by atoms with Gasteiger partial charge in [-0.1, -0.05) is 55.4 Å². The Morgan fingerprint density at radius 3 is 2.55 bits per heavy atom. The summed E-state index contributed by atoms with van der Waals surface area (Å²) >= 11 is 0. The number of esters is 1. The van der Waals surface area contributed by atoms with E-state index in [9.17, 15) is 25.2 Å². The van der Waals surface area contributed by atoms with Gasteiger partial charge in [0.1, 0.15) is 18.8 Å². The first-order chi connectivity index (χ1) is 15.4. The summed E-state index contributed by atoms with van der Waals surface area (Å²) in [6.07, 6.45) is 9.97. The van der Waals surface area contributed by atoms with Gasteiger partial charge in [-0.05, 0) is 56.6 Å². The van der Waals surface area contributed by atoms with Gasteiger partial charge in [0, 0.05) is 6.08 Å². The number of ether oxygens (including phenoxy) is 2. The summed E-state index contributed by atoms with van der Waals surface area (Å²) in [5.41, 5.74) is 4.67. The molecule has 4 N–H and O–H groups in total. The molecule has 0 radical (unpaired) electrons. The largest absolute Gasteiger partial charge is 0.450 e. The summed E-state index contributed by atoms with van der Waals surface area (Å²) in [4.78, 5) is 12.2. The van der Waals surface area contributed by atoms with Crippen LogP contribution in [0, 0.1) is 5.41 Å². The molecule has 0 aromatic carbocycles. The second-order valence-corrected chi connectivity index (χ2v) is 9.65. The van der Waals surface area contributed by atoms with Crippen LogP contribution in [0.25, 0.3) is 0 Å². The molecule has 0 spiro atoms. The van der Waals surface area contributed by atoms with Crippen molar-refractivity contribution >= 4 is 5.97 Å². The van der Waals surface area contributed by atoms with Gasteiger partial charge in [-0.15, -0.1) is 0 Å². The topological polar surface area (TPSA) is 116 Å². The Hall–Kier alpha value is -2.03. The zero-order chi connectivity index (χ0) is 24.8. The zero-order valence-electron chi connectivity index (χ0n) is 20.2. The Morgan fingerprint density at radius 2 is 1.91 bits per heavy atom. The second-order valence-electron chi connectivity index (χ2n) is 9.65. The Kier molecular flexibility index (Phi) is 9.40. The van der Waals surface area contributed by atoms with E-state index >= 15 is 0 Å². The fraction of sp³-hybridized carbons (Fsp3) is 0.577. The van der Waals surface area contributed by atoms with Crippen molar-refractivity contribution in [2.24, 2.45) is 5.41 Å². The summed E-state index contributed by atoms with van der Waals surface area (Å²) in [6.45, 7) is 9.18. The molecule has 0 bridgehead atoms. The molecule has 1 aliphatic heterocycles. The molecule has 4 unspecified atom stereocenters. The minimum absolute atomic E-state index is 0.184. The fourth-order valence-corrected chi connectivity index (χ4v) is 4.20. The fourth-order valence-electron chi connectivity index (χ4n) is 4.20. The van der Waals surface area contributed by atoms with Gasteiger partial charge in [-0.3, -0.25) is 0 Å². The maximum absolute atomic E-state index is 12.2. The maximum atomic E-state index is 12.2. The Bertz CT molecular complexity index is 862. The molecule has 0 amide bonds. The average Bonchev–Trinajstić information content (AvgIpc) is 2.73. The van der Waals surface area contributed by atoms with Gasteiger partial charge in [0.15, 0.2) is 6.10 Å². The van der Waals surface area contributed by atoms with Gasteiger partial charge >= 0.3 is 5.97 Å². The Labute approximate surface area is 196 Å². The second kappa shape index (κ2) is 11.4. The number of carbonyl (C=O) groups is 1. The van der Waals surface area contributed by atoms with Gasteiger partial charge in [0.25, 0.3) is 0 Å². The molecule has 1 saturated heterocycles. The number of aliphatic hydroxyl groups excluding tert-OH is 3. The zero-order valence-corrected chi connectivity index (χ0v) is 20.2. The van der Waals surface area contributed by atoms with Crippen molar-refractivity contribution in [3.63, 3.8) is 0 Å². The van der Waals surface area contributed by atoms with E-state index in [2.05, 4.69) is 32.9 Å². The molecule has 7 nitrogen and oxygen atoms in total. The van der Waals surface area contributed by atoms with E-state index in [-0.39, 0.29) is 5.41 Å². The lowest BCUT2D eigenvalue weighted by Crippen LogP contribution is -2.63. The van der Waals surface area contributed by atoms with E-state index in [1.807, 2.05) is 19.1 Å². The highest BCUT2D eigenvalue weighted by Crippen LogP contribution is 2.40. The van der Waals surface area contributed by atoms with Crippen LogP contribution in [0.3, 0.4) is 0 Å². The van der Waals surface area contributed by atoms with Crippen LogP contribution in [0.5, 0.6) is 0 Å². The van der Waals surface area contributed by atoms with E-state index < -0.39 is 43.3 Å². The first kappa shape index (κ1) is 27.2. The molecular weight excluding hydrogens is 424 g/mol. The number of hydrogen-bond acceptors (Lipinski definition) is 7. The third-order valence-electron chi connectivity index (χ3n) is 6.24. The van der Waals surface area contributed by atoms with Crippen molar-refractivity contribution in [2.45, 2.75) is 78.0 Å². The number of carbonyl (C=O) groups excluding carboxylic acids is 1. The van der Waals surface area contributed by atoms with Crippen LogP contribution < -0.4 is 0 Å². The van der Waals surface area contributed by atoms with Gasteiger partial charge in [0.2, 0.25) is 5.79 Å². The summed E-state index contributed by atoms with van der Waals surface area (Å²) in [5.74, 6) is -3.12. The molecular formula is C26H38O7. The lowest BCUT2D eigenvalue weighted by molar-refractivity contribution is -0.332. The predicted molar refractivity (Wildman–Crippen MR) is 126 cm³/mol. The first-order valence-electron chi connectivity index (χ1n) is 11.3. The minimum atomic E-state index is -2.28. The monoisotopic (exact) mass is 462 g/mol. The quantitative estimate of drug-likeness (QED) is 0.261. The molecule has 0 aromatic rings. The van der Waals surface area contributed by atoms with Crippen molar-refractivity contribution in [2.75, 3.05) is 13.2 Å². The summed E-state index contributed by atoms with van der Waals surface area (Å²) in [6, 6.07) is 0. The molecule has 184 valence electrons. The van der Waals surface area contributed by atoms with E-state index in [0.717, 1.165) is 12.0 Å². The third-order valence-corrected chi connectivity index (χ3v) is 6.24. The van der Waals surface area contributed by atoms with E-state index in [0.29, 0.717) is 5.57 Å². The maximum Gasteiger partial charge on any atom is 0.331 e. The van der Waals surface area contributed by atoms with Crippen LogP contribution in [-0.4, -0.2) is 63.7 Å². The predicted octanol–water partition coefficient (Wildman–Crippen LogP) is 2.86. The van der Waals surface area contributed by atoms with Gasteiger partial charge in [-0.2, -0.15) is 0 Å². The highest BCUT2D eigenvalue weighted by Gasteiger charge is 2.51. The molecule has 7 heteroatoms.